The fraction of sp³-hybridized carbons (Fsp3) is 0.312. The Morgan fingerprint density at radius 3 is 2.96 bits per heavy atom. The van der Waals surface area contributed by atoms with E-state index in [1.807, 2.05) is 6.92 Å². The Kier molecular flexibility index (Phi) is 3.77. The molecule has 0 radical (unpaired) electrons. The third-order valence-electron chi connectivity index (χ3n) is 4.22. The lowest BCUT2D eigenvalue weighted by Crippen LogP contribution is -2.44. The molecule has 1 saturated heterocycles. The summed E-state index contributed by atoms with van der Waals surface area (Å²) in [6, 6.07) is 7.52. The van der Waals surface area contributed by atoms with E-state index in [1.165, 1.54) is 10.7 Å². The minimum absolute atomic E-state index is 0.218. The van der Waals surface area contributed by atoms with Gasteiger partial charge in [-0.15, -0.1) is 0 Å². The third kappa shape index (κ3) is 2.89. The fourth-order valence-corrected chi connectivity index (χ4v) is 2.91. The van der Waals surface area contributed by atoms with E-state index in [1.54, 1.807) is 24.3 Å². The number of aromatic nitrogens is 5. The number of ether oxygens (including phenoxy) is 1. The smallest absolute Gasteiger partial charge is 0.267 e. The van der Waals surface area contributed by atoms with Crippen LogP contribution >= 0.6 is 0 Å². The molecule has 2 aromatic heterocycles. The number of H-pyrrole nitrogens is 1. The zero-order valence-corrected chi connectivity index (χ0v) is 13.5. The van der Waals surface area contributed by atoms with E-state index in [9.17, 15) is 9.59 Å². The molecule has 0 saturated carbocycles. The number of nitrogens with one attached hydrogen (secondary N) is 2. The molecule has 2 N–H and O–H groups in total. The maximum atomic E-state index is 12.6. The number of carbonyl (C=O) groups is 1. The highest BCUT2D eigenvalue weighted by Crippen LogP contribution is 2.18. The number of aryl methyl sites for hydroxylation is 1. The number of fused-ring (bicyclic) bond motifs is 1. The first kappa shape index (κ1) is 15.5. The van der Waals surface area contributed by atoms with Gasteiger partial charge >= 0.3 is 0 Å². The van der Waals surface area contributed by atoms with Gasteiger partial charge in [0, 0.05) is 11.6 Å². The molecular weight excluding hydrogens is 324 g/mol. The van der Waals surface area contributed by atoms with Gasteiger partial charge in [-0.25, -0.2) is 4.68 Å². The first-order chi connectivity index (χ1) is 12.1. The molecule has 3 heterocycles. The molecule has 4 rings (SSSR count). The monoisotopic (exact) mass is 340 g/mol. The number of aromatic amines is 1. The van der Waals surface area contributed by atoms with Gasteiger partial charge in [0.15, 0.2) is 0 Å². The summed E-state index contributed by atoms with van der Waals surface area (Å²) in [4.78, 5) is 24.7. The van der Waals surface area contributed by atoms with Crippen molar-refractivity contribution in [3.05, 3.63) is 51.9 Å². The topological polar surface area (TPSA) is 115 Å². The second kappa shape index (κ2) is 6.10. The largest absolute Gasteiger partial charge is 0.377 e. The van der Waals surface area contributed by atoms with Crippen LogP contribution in [-0.2, 0) is 4.74 Å². The summed E-state index contributed by atoms with van der Waals surface area (Å²) in [5.41, 5.74) is 2.28. The number of hydrogen-bond donors (Lipinski definition) is 2. The van der Waals surface area contributed by atoms with E-state index in [0.717, 1.165) is 5.69 Å². The van der Waals surface area contributed by atoms with Gasteiger partial charge in [0.05, 0.1) is 24.9 Å². The molecule has 1 fully saturated rings. The van der Waals surface area contributed by atoms with E-state index < -0.39 is 0 Å². The Balaban J connectivity index is 1.57. The van der Waals surface area contributed by atoms with Crippen molar-refractivity contribution in [2.75, 3.05) is 13.2 Å². The predicted octanol–water partition coefficient (Wildman–Crippen LogP) is 0.193. The lowest BCUT2D eigenvalue weighted by atomic mass is 10.1. The van der Waals surface area contributed by atoms with Crippen LogP contribution in [0.5, 0.6) is 0 Å². The summed E-state index contributed by atoms with van der Waals surface area (Å²) in [5.74, 6) is -0.258. The van der Waals surface area contributed by atoms with Crippen molar-refractivity contribution in [1.82, 2.24) is 30.5 Å². The van der Waals surface area contributed by atoms with Crippen molar-refractivity contribution < 1.29 is 9.53 Å². The third-order valence-corrected chi connectivity index (χ3v) is 4.22. The maximum absolute atomic E-state index is 12.6. The second-order valence-corrected chi connectivity index (χ2v) is 5.97. The quantitative estimate of drug-likeness (QED) is 0.703. The Hall–Kier alpha value is -3.07. The van der Waals surface area contributed by atoms with Crippen LogP contribution in [-0.4, -0.2) is 50.4 Å². The molecule has 1 aromatic carbocycles. The molecule has 25 heavy (non-hydrogen) atoms. The summed E-state index contributed by atoms with van der Waals surface area (Å²) >= 11 is 0. The van der Waals surface area contributed by atoms with Crippen molar-refractivity contribution in [3.63, 3.8) is 0 Å². The van der Waals surface area contributed by atoms with E-state index in [-0.39, 0.29) is 23.6 Å². The molecule has 9 nitrogen and oxygen atoms in total. The average molecular weight is 340 g/mol. The minimum Gasteiger partial charge on any atom is -0.377 e. The molecule has 2 unspecified atom stereocenters. The van der Waals surface area contributed by atoms with Gasteiger partial charge in [0.1, 0.15) is 17.1 Å². The number of benzene rings is 1. The van der Waals surface area contributed by atoms with Crippen LogP contribution in [0.1, 0.15) is 22.1 Å². The Morgan fingerprint density at radius 2 is 2.08 bits per heavy atom. The number of hydrogen-bond acceptors (Lipinski definition) is 6. The first-order valence-electron chi connectivity index (χ1n) is 7.87. The molecular formula is C16H16N6O3. The van der Waals surface area contributed by atoms with Gasteiger partial charge in [0.25, 0.3) is 11.5 Å². The molecule has 1 aliphatic rings. The summed E-state index contributed by atoms with van der Waals surface area (Å²) in [7, 11) is 0. The highest BCUT2D eigenvalue weighted by molar-refractivity contribution is 5.97. The molecule has 0 bridgehead atoms. The van der Waals surface area contributed by atoms with Gasteiger partial charge in [-0.1, -0.05) is 0 Å². The standard InChI is InChI=1S/C16H16N6O3/c1-9-2-5-15(23)22(20-9)14-8-25-7-13(14)17-16(24)10-3-4-11-12(6-10)19-21-18-11/h2-6,13-14H,7-8H2,1H3,(H,17,24)(H,18,19,21). The van der Waals surface area contributed by atoms with Gasteiger partial charge in [-0.3, -0.25) is 9.59 Å². The van der Waals surface area contributed by atoms with Crippen molar-refractivity contribution >= 4 is 16.9 Å². The first-order valence-corrected chi connectivity index (χ1v) is 7.87. The zero-order chi connectivity index (χ0) is 17.4. The highest BCUT2D eigenvalue weighted by atomic mass is 16.5. The van der Waals surface area contributed by atoms with Gasteiger partial charge in [-0.2, -0.15) is 20.5 Å². The number of carbonyl (C=O) groups excluding carboxylic acids is 1. The van der Waals surface area contributed by atoms with E-state index >= 15 is 0 Å². The molecule has 2 atom stereocenters. The lowest BCUT2D eigenvalue weighted by molar-refractivity contribution is 0.0924. The van der Waals surface area contributed by atoms with Crippen molar-refractivity contribution in [2.24, 2.45) is 0 Å². The van der Waals surface area contributed by atoms with Crippen molar-refractivity contribution in [3.8, 4) is 0 Å². The SMILES string of the molecule is Cc1ccc(=O)n(C2COCC2NC(=O)c2ccc3n[nH]nc3c2)n1. The van der Waals surface area contributed by atoms with Crippen LogP contribution in [0, 0.1) is 6.92 Å². The molecule has 3 aromatic rings. The van der Waals surface area contributed by atoms with Gasteiger partial charge in [-0.05, 0) is 31.2 Å². The highest BCUT2D eigenvalue weighted by Gasteiger charge is 2.32. The minimum atomic E-state index is -0.341. The van der Waals surface area contributed by atoms with Crippen LogP contribution in [0.25, 0.3) is 11.0 Å². The average Bonchev–Trinajstić information content (AvgIpc) is 3.25. The van der Waals surface area contributed by atoms with Crippen molar-refractivity contribution in [1.29, 1.82) is 0 Å². The predicted molar refractivity (Wildman–Crippen MR) is 88.2 cm³/mol. The molecule has 0 aliphatic carbocycles. The number of nitrogens with zero attached hydrogens (tertiary/aromatic N) is 4. The number of amides is 1. The van der Waals surface area contributed by atoms with Crippen molar-refractivity contribution in [2.45, 2.75) is 19.0 Å². The van der Waals surface area contributed by atoms with E-state index in [0.29, 0.717) is 29.8 Å². The molecule has 9 heteroatoms. The number of rotatable bonds is 3. The Labute approximate surface area is 142 Å². The summed E-state index contributed by atoms with van der Waals surface area (Å²) < 4.78 is 6.85. The summed E-state index contributed by atoms with van der Waals surface area (Å²) in [6.07, 6.45) is 0. The fourth-order valence-electron chi connectivity index (χ4n) is 2.91. The van der Waals surface area contributed by atoms with Crippen LogP contribution in [0.3, 0.4) is 0 Å². The van der Waals surface area contributed by atoms with Crippen LogP contribution in [0.4, 0.5) is 0 Å². The Morgan fingerprint density at radius 1 is 1.24 bits per heavy atom. The lowest BCUT2D eigenvalue weighted by Gasteiger charge is -2.20. The molecule has 1 amide bonds. The van der Waals surface area contributed by atoms with Crippen LogP contribution in [0.15, 0.2) is 35.1 Å². The normalized spacial score (nSPS) is 20.0. The van der Waals surface area contributed by atoms with E-state index in [2.05, 4.69) is 25.8 Å². The zero-order valence-electron chi connectivity index (χ0n) is 13.5. The van der Waals surface area contributed by atoms with Gasteiger partial charge in [0.2, 0.25) is 0 Å². The van der Waals surface area contributed by atoms with Crippen LogP contribution in [0.2, 0.25) is 0 Å². The second-order valence-electron chi connectivity index (χ2n) is 5.97. The summed E-state index contributed by atoms with van der Waals surface area (Å²) in [5, 5.41) is 17.7. The molecule has 128 valence electrons. The maximum Gasteiger partial charge on any atom is 0.267 e. The van der Waals surface area contributed by atoms with E-state index in [4.69, 9.17) is 4.74 Å². The summed E-state index contributed by atoms with van der Waals surface area (Å²) in [6.45, 7) is 2.46. The molecule has 1 aliphatic heterocycles. The van der Waals surface area contributed by atoms with Crippen LogP contribution < -0.4 is 10.9 Å². The Bertz CT molecular complexity index is 995. The van der Waals surface area contributed by atoms with Gasteiger partial charge < -0.3 is 10.1 Å². The molecule has 0 spiro atoms.